The molecular weight excluding hydrogens is 286 g/mol. The summed E-state index contributed by atoms with van der Waals surface area (Å²) in [6.07, 6.45) is 0. The van der Waals surface area contributed by atoms with Gasteiger partial charge in [0.2, 0.25) is 0 Å². The number of hydrogen-bond acceptors (Lipinski definition) is 3. The lowest BCUT2D eigenvalue weighted by Gasteiger charge is -2.17. The first-order valence-electron chi connectivity index (χ1n) is 6.64. The van der Waals surface area contributed by atoms with E-state index in [9.17, 15) is 0 Å². The maximum Gasteiger partial charge on any atom is 0.148 e. The number of anilines is 1. The molecule has 0 radical (unpaired) electrons. The second kappa shape index (κ2) is 6.99. The van der Waals surface area contributed by atoms with Crippen LogP contribution in [-0.4, -0.2) is 17.6 Å². The van der Waals surface area contributed by atoms with Crippen molar-refractivity contribution in [1.82, 2.24) is 0 Å². The minimum Gasteiger partial charge on any atom is -0.409 e. The third-order valence-corrected chi connectivity index (χ3v) is 3.76. The number of nitrogens with one attached hydrogen (secondary N) is 1. The second-order valence-corrected chi connectivity index (χ2v) is 5.24. The van der Waals surface area contributed by atoms with Gasteiger partial charge in [0, 0.05) is 17.3 Å². The zero-order chi connectivity index (χ0) is 15.2. The molecule has 21 heavy (non-hydrogen) atoms. The molecule has 2 rings (SSSR count). The smallest absolute Gasteiger partial charge is 0.148 e. The van der Waals surface area contributed by atoms with Crippen molar-refractivity contribution in [2.75, 3.05) is 11.9 Å². The average Bonchev–Trinajstić information content (AvgIpc) is 2.51. The van der Waals surface area contributed by atoms with E-state index in [1.54, 1.807) is 0 Å². The first-order valence-corrected chi connectivity index (χ1v) is 7.02. The molecule has 0 saturated carbocycles. The number of nitrogens with two attached hydrogens (primary N) is 1. The van der Waals surface area contributed by atoms with Gasteiger partial charge in [-0.2, -0.15) is 0 Å². The standard InChI is InChI=1S/C16H18ClN3O/c1-11-7-8-13(9-15(11)17)19-10-14(16(18)20-21)12-5-3-2-4-6-12/h2-9,14,19,21H,10H2,1H3,(H2,18,20). The number of nitrogens with zero attached hydrogens (tertiary/aromatic N) is 1. The molecule has 0 fully saturated rings. The third-order valence-electron chi connectivity index (χ3n) is 3.36. The Labute approximate surface area is 129 Å². The summed E-state index contributed by atoms with van der Waals surface area (Å²) in [5.74, 6) is -0.0387. The fourth-order valence-corrected chi connectivity index (χ4v) is 2.25. The molecule has 1 atom stereocenters. The highest BCUT2D eigenvalue weighted by Crippen LogP contribution is 2.22. The second-order valence-electron chi connectivity index (χ2n) is 4.83. The molecule has 0 spiro atoms. The largest absolute Gasteiger partial charge is 0.409 e. The fraction of sp³-hybridized carbons (Fsp3) is 0.188. The van der Waals surface area contributed by atoms with Gasteiger partial charge in [0.1, 0.15) is 5.84 Å². The first kappa shape index (κ1) is 15.2. The van der Waals surface area contributed by atoms with Crippen LogP contribution >= 0.6 is 11.6 Å². The molecule has 0 saturated heterocycles. The van der Waals surface area contributed by atoms with E-state index in [1.807, 2.05) is 55.5 Å². The molecule has 4 nitrogen and oxygen atoms in total. The van der Waals surface area contributed by atoms with E-state index in [2.05, 4.69) is 10.5 Å². The van der Waals surface area contributed by atoms with E-state index >= 15 is 0 Å². The zero-order valence-electron chi connectivity index (χ0n) is 11.8. The Morgan fingerprint density at radius 1 is 1.29 bits per heavy atom. The fourth-order valence-electron chi connectivity index (χ4n) is 2.07. The predicted molar refractivity (Wildman–Crippen MR) is 87.3 cm³/mol. The van der Waals surface area contributed by atoms with Crippen LogP contribution in [0.4, 0.5) is 5.69 Å². The summed E-state index contributed by atoms with van der Waals surface area (Å²) in [6, 6.07) is 15.5. The maximum atomic E-state index is 8.96. The SMILES string of the molecule is Cc1ccc(NCC(C(N)=NO)c2ccccc2)cc1Cl. The Morgan fingerprint density at radius 3 is 2.62 bits per heavy atom. The molecule has 0 aliphatic rings. The molecule has 0 heterocycles. The monoisotopic (exact) mass is 303 g/mol. The van der Waals surface area contributed by atoms with Crippen LogP contribution in [0.25, 0.3) is 0 Å². The summed E-state index contributed by atoms with van der Waals surface area (Å²) in [5, 5.41) is 16.1. The van der Waals surface area contributed by atoms with Gasteiger partial charge < -0.3 is 16.3 Å². The van der Waals surface area contributed by atoms with Gasteiger partial charge in [0.05, 0.1) is 5.92 Å². The van der Waals surface area contributed by atoms with Gasteiger partial charge in [0.15, 0.2) is 0 Å². The summed E-state index contributed by atoms with van der Waals surface area (Å²) >= 11 is 6.11. The molecule has 110 valence electrons. The van der Waals surface area contributed by atoms with Crippen LogP contribution in [0.3, 0.4) is 0 Å². The van der Waals surface area contributed by atoms with E-state index in [-0.39, 0.29) is 11.8 Å². The Hall–Kier alpha value is -2.20. The van der Waals surface area contributed by atoms with Crippen molar-refractivity contribution >= 4 is 23.1 Å². The van der Waals surface area contributed by atoms with Crippen LogP contribution in [-0.2, 0) is 0 Å². The van der Waals surface area contributed by atoms with Gasteiger partial charge in [-0.05, 0) is 30.2 Å². The van der Waals surface area contributed by atoms with Crippen molar-refractivity contribution in [2.24, 2.45) is 10.9 Å². The van der Waals surface area contributed by atoms with Crippen LogP contribution < -0.4 is 11.1 Å². The van der Waals surface area contributed by atoms with E-state index in [4.69, 9.17) is 22.5 Å². The predicted octanol–water partition coefficient (Wildman–Crippen LogP) is 3.59. The van der Waals surface area contributed by atoms with E-state index in [0.717, 1.165) is 16.8 Å². The molecule has 1 unspecified atom stereocenters. The molecule has 0 aliphatic carbocycles. The number of rotatable bonds is 5. The first-order chi connectivity index (χ1) is 10.1. The maximum absolute atomic E-state index is 8.96. The lowest BCUT2D eigenvalue weighted by Crippen LogP contribution is -2.28. The van der Waals surface area contributed by atoms with E-state index in [0.29, 0.717) is 11.6 Å². The van der Waals surface area contributed by atoms with Crippen LogP contribution in [0.1, 0.15) is 17.0 Å². The molecule has 0 amide bonds. The summed E-state index contributed by atoms with van der Waals surface area (Å²) in [5.41, 5.74) is 8.71. The van der Waals surface area contributed by atoms with Gasteiger partial charge in [-0.15, -0.1) is 0 Å². The van der Waals surface area contributed by atoms with Gasteiger partial charge in [0.25, 0.3) is 0 Å². The topological polar surface area (TPSA) is 70.6 Å². The van der Waals surface area contributed by atoms with Gasteiger partial charge in [-0.1, -0.05) is 53.2 Å². The molecule has 0 bridgehead atoms. The molecule has 2 aromatic rings. The zero-order valence-corrected chi connectivity index (χ0v) is 12.5. The molecule has 5 heteroatoms. The highest BCUT2D eigenvalue weighted by Gasteiger charge is 2.16. The minimum absolute atomic E-state index is 0.173. The summed E-state index contributed by atoms with van der Waals surface area (Å²) in [6.45, 7) is 2.47. The molecule has 0 aromatic heterocycles. The Bertz CT molecular complexity index is 629. The van der Waals surface area contributed by atoms with Crippen molar-refractivity contribution in [3.05, 3.63) is 64.7 Å². The van der Waals surface area contributed by atoms with Crippen LogP contribution in [0.15, 0.2) is 53.7 Å². The highest BCUT2D eigenvalue weighted by molar-refractivity contribution is 6.31. The summed E-state index contributed by atoms with van der Waals surface area (Å²) in [4.78, 5) is 0. The number of halogens is 1. The molecule has 2 aromatic carbocycles. The average molecular weight is 304 g/mol. The molecule has 0 aliphatic heterocycles. The lowest BCUT2D eigenvalue weighted by atomic mass is 9.98. The Morgan fingerprint density at radius 2 is 2.00 bits per heavy atom. The summed E-state index contributed by atoms with van der Waals surface area (Å²) in [7, 11) is 0. The number of hydrogen-bond donors (Lipinski definition) is 3. The molecule has 4 N–H and O–H groups in total. The number of amidine groups is 1. The lowest BCUT2D eigenvalue weighted by molar-refractivity contribution is 0.316. The van der Waals surface area contributed by atoms with Crippen molar-refractivity contribution < 1.29 is 5.21 Å². The van der Waals surface area contributed by atoms with Crippen LogP contribution in [0.2, 0.25) is 5.02 Å². The number of benzene rings is 2. The van der Waals surface area contributed by atoms with Crippen molar-refractivity contribution in [2.45, 2.75) is 12.8 Å². The van der Waals surface area contributed by atoms with Gasteiger partial charge in [-0.3, -0.25) is 0 Å². The van der Waals surface area contributed by atoms with E-state index < -0.39 is 0 Å². The minimum atomic E-state index is -0.212. The third kappa shape index (κ3) is 3.89. The van der Waals surface area contributed by atoms with Crippen LogP contribution in [0.5, 0.6) is 0 Å². The van der Waals surface area contributed by atoms with Gasteiger partial charge >= 0.3 is 0 Å². The Kier molecular flexibility index (Phi) is 5.06. The molecular formula is C16H18ClN3O. The number of oxime groups is 1. The van der Waals surface area contributed by atoms with Crippen molar-refractivity contribution in [1.29, 1.82) is 0 Å². The highest BCUT2D eigenvalue weighted by atomic mass is 35.5. The van der Waals surface area contributed by atoms with Gasteiger partial charge in [-0.25, -0.2) is 0 Å². The summed E-state index contributed by atoms with van der Waals surface area (Å²) < 4.78 is 0. The van der Waals surface area contributed by atoms with Crippen molar-refractivity contribution in [3.8, 4) is 0 Å². The van der Waals surface area contributed by atoms with E-state index in [1.165, 1.54) is 0 Å². The Balaban J connectivity index is 2.15. The van der Waals surface area contributed by atoms with Crippen molar-refractivity contribution in [3.63, 3.8) is 0 Å². The number of aryl methyl sites for hydroxylation is 1. The van der Waals surface area contributed by atoms with Crippen LogP contribution in [0, 0.1) is 6.92 Å². The quantitative estimate of drug-likeness (QED) is 0.342. The normalized spacial score (nSPS) is 13.0.